The number of pyridine rings is 1. The molecule has 26 heavy (non-hydrogen) atoms. The molecule has 2 rings (SSSR count). The van der Waals surface area contributed by atoms with E-state index in [1.807, 2.05) is 6.20 Å². The number of unbranched alkanes of at least 4 members (excludes halogenated alkanes) is 2. The Kier molecular flexibility index (Phi) is 8.68. The second-order valence-corrected chi connectivity index (χ2v) is 7.02. The molecule has 6 nitrogen and oxygen atoms in total. The fraction of sp³-hybridized carbons (Fsp3) is 0.700. The van der Waals surface area contributed by atoms with Crippen LogP contribution >= 0.6 is 0 Å². The van der Waals surface area contributed by atoms with Crippen LogP contribution in [-0.4, -0.2) is 49.3 Å². The fourth-order valence-electron chi connectivity index (χ4n) is 3.16. The third-order valence-corrected chi connectivity index (χ3v) is 4.39. The second kappa shape index (κ2) is 11.0. The van der Waals surface area contributed by atoms with E-state index in [9.17, 15) is 0 Å². The van der Waals surface area contributed by atoms with Gasteiger partial charge in [0.05, 0.1) is 18.8 Å². The molecule has 0 aromatic carbocycles. The average molecular weight is 362 g/mol. The van der Waals surface area contributed by atoms with Crippen LogP contribution in [0.1, 0.15) is 52.5 Å². The Bertz CT molecular complexity index is 536. The van der Waals surface area contributed by atoms with E-state index < -0.39 is 0 Å². The van der Waals surface area contributed by atoms with Crippen LogP contribution in [0.25, 0.3) is 0 Å². The number of morpholine rings is 1. The normalized spacial score (nSPS) is 20.9. The molecule has 2 N–H and O–H groups in total. The van der Waals surface area contributed by atoms with E-state index in [1.54, 1.807) is 0 Å². The van der Waals surface area contributed by atoms with Gasteiger partial charge in [-0.05, 0) is 38.8 Å². The van der Waals surface area contributed by atoms with Gasteiger partial charge in [-0.2, -0.15) is 0 Å². The van der Waals surface area contributed by atoms with Crippen molar-refractivity contribution >= 4 is 11.8 Å². The lowest BCUT2D eigenvalue weighted by molar-refractivity contribution is -0.00545. The summed E-state index contributed by atoms with van der Waals surface area (Å²) >= 11 is 0. The number of aliphatic imine (C=N–C) groups is 1. The molecule has 0 aliphatic carbocycles. The molecule has 2 heterocycles. The average Bonchev–Trinajstić information content (AvgIpc) is 2.63. The van der Waals surface area contributed by atoms with Crippen LogP contribution in [0.3, 0.4) is 0 Å². The molecule has 0 radical (unpaired) electrons. The highest BCUT2D eigenvalue weighted by atomic mass is 16.5. The second-order valence-electron chi connectivity index (χ2n) is 7.02. The van der Waals surface area contributed by atoms with Gasteiger partial charge in [-0.15, -0.1) is 0 Å². The number of anilines is 1. The van der Waals surface area contributed by atoms with Gasteiger partial charge < -0.3 is 20.3 Å². The van der Waals surface area contributed by atoms with Crippen LogP contribution in [0.15, 0.2) is 23.3 Å². The number of rotatable bonds is 8. The molecule has 1 aliphatic rings. The third kappa shape index (κ3) is 6.83. The number of nitrogens with one attached hydrogen (secondary N) is 2. The van der Waals surface area contributed by atoms with Gasteiger partial charge >= 0.3 is 0 Å². The zero-order valence-corrected chi connectivity index (χ0v) is 16.8. The van der Waals surface area contributed by atoms with Gasteiger partial charge in [-0.25, -0.2) is 9.98 Å². The van der Waals surface area contributed by atoms with E-state index in [0.717, 1.165) is 43.5 Å². The van der Waals surface area contributed by atoms with Crippen molar-refractivity contribution in [3.63, 3.8) is 0 Å². The minimum absolute atomic E-state index is 0.242. The Labute approximate surface area is 158 Å². The predicted molar refractivity (Wildman–Crippen MR) is 109 cm³/mol. The van der Waals surface area contributed by atoms with Crippen LogP contribution in [0.4, 0.5) is 5.82 Å². The first-order valence-corrected chi connectivity index (χ1v) is 9.99. The minimum atomic E-state index is 0.242. The highest BCUT2D eigenvalue weighted by molar-refractivity contribution is 5.79. The molecule has 0 amide bonds. The SMILES string of the molecule is CCCCCNC(=NCc1ccc(N2CC(C)OC(C)C2)nc1)NCC. The molecule has 1 aliphatic heterocycles. The van der Waals surface area contributed by atoms with Crippen molar-refractivity contribution in [2.75, 3.05) is 31.1 Å². The lowest BCUT2D eigenvalue weighted by Gasteiger charge is -2.36. The molecule has 2 unspecified atom stereocenters. The van der Waals surface area contributed by atoms with Gasteiger partial charge in [0.2, 0.25) is 0 Å². The molecule has 0 spiro atoms. The molecular formula is C20H35N5O. The standard InChI is InChI=1S/C20H35N5O/c1-5-7-8-11-22-20(21-6-2)24-13-18-9-10-19(23-12-18)25-14-16(3)26-17(4)15-25/h9-10,12,16-17H,5-8,11,13-15H2,1-4H3,(H2,21,22,24). The van der Waals surface area contributed by atoms with Crippen LogP contribution < -0.4 is 15.5 Å². The molecule has 146 valence electrons. The van der Waals surface area contributed by atoms with Gasteiger partial charge in [0.25, 0.3) is 0 Å². The monoisotopic (exact) mass is 361 g/mol. The Morgan fingerprint density at radius 1 is 1.19 bits per heavy atom. The maximum atomic E-state index is 5.80. The van der Waals surface area contributed by atoms with Gasteiger partial charge in [0, 0.05) is 32.4 Å². The lowest BCUT2D eigenvalue weighted by Crippen LogP contribution is -2.45. The van der Waals surface area contributed by atoms with Crippen molar-refractivity contribution in [1.82, 2.24) is 15.6 Å². The molecule has 6 heteroatoms. The highest BCUT2D eigenvalue weighted by Gasteiger charge is 2.22. The van der Waals surface area contributed by atoms with Crippen molar-refractivity contribution in [1.29, 1.82) is 0 Å². The van der Waals surface area contributed by atoms with Crippen molar-refractivity contribution in [2.24, 2.45) is 4.99 Å². The van der Waals surface area contributed by atoms with Crippen molar-refractivity contribution in [2.45, 2.75) is 65.7 Å². The summed E-state index contributed by atoms with van der Waals surface area (Å²) < 4.78 is 5.80. The quantitative estimate of drug-likeness (QED) is 0.423. The van der Waals surface area contributed by atoms with E-state index in [2.05, 4.69) is 65.3 Å². The molecular weight excluding hydrogens is 326 g/mol. The molecule has 1 aromatic heterocycles. The summed E-state index contributed by atoms with van der Waals surface area (Å²) in [5.74, 6) is 1.90. The summed E-state index contributed by atoms with van der Waals surface area (Å²) in [6.45, 7) is 12.8. The first-order chi connectivity index (χ1) is 12.6. The van der Waals surface area contributed by atoms with Gasteiger partial charge in [0.15, 0.2) is 5.96 Å². The summed E-state index contributed by atoms with van der Waals surface area (Å²) in [7, 11) is 0. The van der Waals surface area contributed by atoms with Gasteiger partial charge in [-0.3, -0.25) is 0 Å². The maximum absolute atomic E-state index is 5.80. The summed E-state index contributed by atoms with van der Waals surface area (Å²) in [6.07, 6.45) is 6.07. The van der Waals surface area contributed by atoms with E-state index in [4.69, 9.17) is 4.74 Å². The largest absolute Gasteiger partial charge is 0.372 e. The molecule has 1 saturated heterocycles. The number of aromatic nitrogens is 1. The molecule has 2 atom stereocenters. The topological polar surface area (TPSA) is 61.8 Å². The number of ether oxygens (including phenoxy) is 1. The Morgan fingerprint density at radius 2 is 1.96 bits per heavy atom. The van der Waals surface area contributed by atoms with Crippen molar-refractivity contribution in [3.8, 4) is 0 Å². The highest BCUT2D eigenvalue weighted by Crippen LogP contribution is 2.18. The third-order valence-electron chi connectivity index (χ3n) is 4.39. The number of hydrogen-bond acceptors (Lipinski definition) is 4. The summed E-state index contributed by atoms with van der Waals surface area (Å²) in [5.41, 5.74) is 1.12. The zero-order chi connectivity index (χ0) is 18.8. The van der Waals surface area contributed by atoms with Crippen LogP contribution in [0.2, 0.25) is 0 Å². The van der Waals surface area contributed by atoms with Crippen LogP contribution in [0, 0.1) is 0 Å². The maximum Gasteiger partial charge on any atom is 0.191 e. The Hall–Kier alpha value is -1.82. The van der Waals surface area contributed by atoms with E-state index in [0.29, 0.717) is 6.54 Å². The first-order valence-electron chi connectivity index (χ1n) is 9.99. The summed E-state index contributed by atoms with van der Waals surface area (Å²) in [6, 6.07) is 4.22. The predicted octanol–water partition coefficient (Wildman–Crippen LogP) is 2.94. The Balaban J connectivity index is 1.90. The van der Waals surface area contributed by atoms with Crippen LogP contribution in [0.5, 0.6) is 0 Å². The molecule has 1 aromatic rings. The lowest BCUT2D eigenvalue weighted by atomic mass is 10.2. The minimum Gasteiger partial charge on any atom is -0.372 e. The van der Waals surface area contributed by atoms with Crippen molar-refractivity contribution < 1.29 is 4.74 Å². The zero-order valence-electron chi connectivity index (χ0n) is 16.8. The van der Waals surface area contributed by atoms with Crippen molar-refractivity contribution in [3.05, 3.63) is 23.9 Å². The van der Waals surface area contributed by atoms with Crippen LogP contribution in [-0.2, 0) is 11.3 Å². The molecule has 1 fully saturated rings. The number of hydrogen-bond donors (Lipinski definition) is 2. The Morgan fingerprint density at radius 3 is 2.58 bits per heavy atom. The fourth-order valence-corrected chi connectivity index (χ4v) is 3.16. The van der Waals surface area contributed by atoms with E-state index >= 15 is 0 Å². The molecule has 0 bridgehead atoms. The van der Waals surface area contributed by atoms with Gasteiger partial charge in [-0.1, -0.05) is 25.8 Å². The first kappa shape index (κ1) is 20.5. The summed E-state index contributed by atoms with van der Waals surface area (Å²) in [5, 5.41) is 6.69. The summed E-state index contributed by atoms with van der Waals surface area (Å²) in [4.78, 5) is 11.6. The van der Waals surface area contributed by atoms with Gasteiger partial charge in [0.1, 0.15) is 5.82 Å². The number of nitrogens with zero attached hydrogens (tertiary/aromatic N) is 3. The van der Waals surface area contributed by atoms with E-state index in [1.165, 1.54) is 19.3 Å². The smallest absolute Gasteiger partial charge is 0.191 e. The number of guanidine groups is 1. The molecule has 0 saturated carbocycles. The van der Waals surface area contributed by atoms with E-state index in [-0.39, 0.29) is 12.2 Å².